The lowest BCUT2D eigenvalue weighted by Gasteiger charge is -2.10. The summed E-state index contributed by atoms with van der Waals surface area (Å²) < 4.78 is 61.0. The number of aromatic carboxylic acids is 1. The van der Waals surface area contributed by atoms with Crippen LogP contribution in [-0.2, 0) is 0 Å². The number of nitrogens with two attached hydrogens (primary N) is 1. The number of halogens is 6. The topological polar surface area (TPSA) is 142 Å². The van der Waals surface area contributed by atoms with Crippen LogP contribution in [0.25, 0.3) is 55.2 Å². The van der Waals surface area contributed by atoms with Gasteiger partial charge in [0.15, 0.2) is 0 Å². The number of fused-ring (bicyclic) bond motifs is 4. The van der Waals surface area contributed by atoms with Crippen LogP contribution in [0.3, 0.4) is 0 Å². The Balaban J connectivity index is 0.000000157. The van der Waals surface area contributed by atoms with Gasteiger partial charge in [0, 0.05) is 21.3 Å². The minimum Gasteiger partial charge on any atom is -0.478 e. The Kier molecular flexibility index (Phi) is 8.27. The molecule has 4 aromatic heterocycles. The van der Waals surface area contributed by atoms with Crippen LogP contribution in [-0.4, -0.2) is 46.1 Å². The number of nitrogens with zero attached hydrogens (tertiary/aromatic N) is 6. The van der Waals surface area contributed by atoms with Gasteiger partial charge in [0.1, 0.15) is 58.0 Å². The summed E-state index contributed by atoms with van der Waals surface area (Å²) in [6.07, 6.45) is 5.56. The highest BCUT2D eigenvalue weighted by atomic mass is 79.9. The van der Waals surface area contributed by atoms with Crippen molar-refractivity contribution in [2.45, 2.75) is 0 Å². The predicted molar refractivity (Wildman–Crippen MR) is 183 cm³/mol. The van der Waals surface area contributed by atoms with E-state index in [1.165, 1.54) is 41.7 Å². The zero-order valence-electron chi connectivity index (χ0n) is 24.9. The molecule has 0 fully saturated rings. The summed E-state index contributed by atoms with van der Waals surface area (Å²) in [4.78, 5) is 39.3. The molecule has 0 unspecified atom stereocenters. The number of benzene rings is 4. The smallest absolute Gasteiger partial charge is 0.338 e. The van der Waals surface area contributed by atoms with Crippen molar-refractivity contribution in [2.24, 2.45) is 5.73 Å². The molecule has 0 bridgehead atoms. The Hall–Kier alpha value is -5.74. The Morgan fingerprint density at radius 1 is 0.600 bits per heavy atom. The number of primary amides is 1. The third kappa shape index (κ3) is 5.51. The van der Waals surface area contributed by atoms with Crippen LogP contribution in [0.2, 0.25) is 0 Å². The molecule has 0 radical (unpaired) electrons. The summed E-state index contributed by atoms with van der Waals surface area (Å²) in [7, 11) is 0. The van der Waals surface area contributed by atoms with Crippen molar-refractivity contribution in [1.82, 2.24) is 29.1 Å². The molecule has 8 rings (SSSR count). The first-order chi connectivity index (χ1) is 23.9. The molecule has 50 heavy (non-hydrogen) atoms. The Labute approximate surface area is 294 Å². The molecule has 0 aliphatic rings. The molecule has 0 aliphatic carbocycles. The molecule has 8 aromatic rings. The van der Waals surface area contributed by atoms with Crippen molar-refractivity contribution in [1.29, 1.82) is 0 Å². The van der Waals surface area contributed by atoms with Crippen molar-refractivity contribution in [2.75, 3.05) is 0 Å². The minimum absolute atomic E-state index is 0.00125. The fraction of sp³-hybridized carbons (Fsp3) is 0. The summed E-state index contributed by atoms with van der Waals surface area (Å²) in [6, 6.07) is 13.6. The van der Waals surface area contributed by atoms with Gasteiger partial charge >= 0.3 is 5.97 Å². The highest BCUT2D eigenvalue weighted by molar-refractivity contribution is 9.10. The van der Waals surface area contributed by atoms with Crippen LogP contribution in [0.15, 0.2) is 94.7 Å². The van der Waals surface area contributed by atoms with Crippen molar-refractivity contribution in [3.05, 3.63) is 129 Å². The second kappa shape index (κ2) is 12.6. The molecule has 4 heterocycles. The van der Waals surface area contributed by atoms with E-state index in [2.05, 4.69) is 51.8 Å². The van der Waals surface area contributed by atoms with E-state index < -0.39 is 35.1 Å². The van der Waals surface area contributed by atoms with Gasteiger partial charge in [-0.2, -0.15) is 0 Å². The monoisotopic (exact) mass is 805 g/mol. The van der Waals surface area contributed by atoms with Gasteiger partial charge in [-0.15, -0.1) is 0 Å². The maximum Gasteiger partial charge on any atom is 0.338 e. The minimum atomic E-state index is -1.13. The zero-order valence-corrected chi connectivity index (χ0v) is 28.0. The Bertz CT molecular complexity index is 2530. The number of carbonyl (C=O) groups excluding carboxylic acids is 1. The quantitative estimate of drug-likeness (QED) is 0.172. The van der Waals surface area contributed by atoms with Gasteiger partial charge in [-0.3, -0.25) is 23.9 Å². The second-order valence-electron chi connectivity index (χ2n) is 10.7. The number of hydrogen-bond acceptors (Lipinski definition) is 6. The number of carboxylic acid groups (broad SMARTS) is 1. The van der Waals surface area contributed by atoms with E-state index >= 15 is 0 Å². The molecule has 1 amide bonds. The van der Waals surface area contributed by atoms with Crippen LogP contribution in [0.1, 0.15) is 20.7 Å². The first kappa shape index (κ1) is 32.8. The number of hydrogen-bond donors (Lipinski definition) is 2. The molecule has 0 spiro atoms. The molecule has 248 valence electrons. The molecule has 0 saturated carbocycles. The van der Waals surface area contributed by atoms with Crippen molar-refractivity contribution >= 4 is 87.6 Å². The van der Waals surface area contributed by atoms with E-state index in [0.717, 1.165) is 24.3 Å². The van der Waals surface area contributed by atoms with Gasteiger partial charge in [-0.25, -0.2) is 32.3 Å². The summed E-state index contributed by atoms with van der Waals surface area (Å²) in [6.45, 7) is 0. The highest BCUT2D eigenvalue weighted by Crippen LogP contribution is 2.32. The lowest BCUT2D eigenvalue weighted by Crippen LogP contribution is -2.11. The lowest BCUT2D eigenvalue weighted by atomic mass is 10.1. The maximum atomic E-state index is 14.4. The molecule has 0 atom stereocenters. The summed E-state index contributed by atoms with van der Waals surface area (Å²) in [5.41, 5.74) is 7.73. The van der Waals surface area contributed by atoms with Crippen LogP contribution in [0.4, 0.5) is 17.6 Å². The van der Waals surface area contributed by atoms with Crippen LogP contribution in [0.5, 0.6) is 0 Å². The van der Waals surface area contributed by atoms with Crippen molar-refractivity contribution in [3.63, 3.8) is 0 Å². The Morgan fingerprint density at radius 3 is 1.46 bits per heavy atom. The van der Waals surface area contributed by atoms with Crippen LogP contribution >= 0.6 is 31.9 Å². The van der Waals surface area contributed by atoms with Crippen molar-refractivity contribution < 1.29 is 32.3 Å². The van der Waals surface area contributed by atoms with E-state index in [1.54, 1.807) is 28.8 Å². The normalized spacial score (nSPS) is 11.3. The number of pyridine rings is 2. The van der Waals surface area contributed by atoms with E-state index in [-0.39, 0.29) is 38.4 Å². The van der Waals surface area contributed by atoms with Gasteiger partial charge in [0.05, 0.1) is 44.3 Å². The van der Waals surface area contributed by atoms with Gasteiger partial charge in [0.2, 0.25) is 0 Å². The summed E-state index contributed by atoms with van der Waals surface area (Å²) in [5, 5.41) is 9.38. The molecule has 3 N–H and O–H groups in total. The average molecular weight is 807 g/mol. The number of imidazole rings is 2. The number of carbonyl (C=O) groups is 2. The summed E-state index contributed by atoms with van der Waals surface area (Å²) in [5.74, 6) is -4.26. The van der Waals surface area contributed by atoms with E-state index in [4.69, 9.17) is 5.73 Å². The zero-order chi connectivity index (χ0) is 35.4. The third-order valence-corrected chi connectivity index (χ3v) is 8.70. The van der Waals surface area contributed by atoms with E-state index in [0.29, 0.717) is 36.9 Å². The van der Waals surface area contributed by atoms with E-state index in [1.807, 2.05) is 0 Å². The molecule has 0 saturated heterocycles. The first-order valence-corrected chi connectivity index (χ1v) is 15.9. The molecular formula is C34H17Br2F4N7O3. The summed E-state index contributed by atoms with van der Waals surface area (Å²) >= 11 is 6.59. The number of aromatic nitrogens is 6. The van der Waals surface area contributed by atoms with Crippen molar-refractivity contribution in [3.8, 4) is 11.4 Å². The number of rotatable bonds is 4. The first-order valence-electron chi connectivity index (χ1n) is 14.3. The van der Waals surface area contributed by atoms with Gasteiger partial charge in [0.25, 0.3) is 5.91 Å². The SMILES string of the molecule is NC(=O)c1cc(Br)cc2c1ncn2-c1ccnc2c(F)ccc(F)c12.O=C(O)c1cc(Br)cc2c1ncn2-c1ccnc2c(F)ccc(F)c12. The molecule has 0 aliphatic heterocycles. The molecule has 16 heteroatoms. The second-order valence-corrected chi connectivity index (χ2v) is 12.5. The molecular weight excluding hydrogens is 790 g/mol. The fourth-order valence-corrected chi connectivity index (χ4v) is 6.54. The highest BCUT2D eigenvalue weighted by Gasteiger charge is 2.20. The standard InChI is InChI=1S/C17H9BrF2N4O.C17H8BrF2N3O2/c18-8-5-9(17(21)25)15-13(6-8)24(7-23-15)12-3-4-22-16-11(20)2-1-10(19)14(12)16;18-8-5-9(17(24)25)15-13(6-8)23(7-22-15)12-3-4-21-16-11(20)2-1-10(19)14(12)16/h1-7H,(H2,21,25);1-7H,(H,24,25). The maximum absolute atomic E-state index is 14.4. The molecule has 4 aromatic carbocycles. The fourth-order valence-electron chi connectivity index (χ4n) is 5.65. The van der Waals surface area contributed by atoms with Crippen LogP contribution in [0, 0.1) is 23.3 Å². The van der Waals surface area contributed by atoms with Crippen LogP contribution < -0.4 is 5.73 Å². The number of amides is 1. The average Bonchev–Trinajstić information content (AvgIpc) is 3.71. The number of carboxylic acids is 1. The third-order valence-electron chi connectivity index (χ3n) is 7.79. The largest absolute Gasteiger partial charge is 0.478 e. The molecule has 10 nitrogen and oxygen atoms in total. The van der Waals surface area contributed by atoms with Gasteiger partial charge in [-0.1, -0.05) is 31.9 Å². The van der Waals surface area contributed by atoms with Gasteiger partial charge < -0.3 is 10.8 Å². The Morgan fingerprint density at radius 2 is 1.02 bits per heavy atom. The van der Waals surface area contributed by atoms with Gasteiger partial charge in [-0.05, 0) is 60.7 Å². The predicted octanol–water partition coefficient (Wildman–Crippen LogP) is 8.03. The van der Waals surface area contributed by atoms with E-state index in [9.17, 15) is 32.3 Å². The lowest BCUT2D eigenvalue weighted by molar-refractivity contribution is 0.0698.